The first-order valence-corrected chi connectivity index (χ1v) is 4.80. The highest BCUT2D eigenvalue weighted by Crippen LogP contribution is 2.12. The van der Waals surface area contributed by atoms with E-state index in [-0.39, 0.29) is 24.8 Å². The maximum atomic E-state index is 4.18. The van der Waals surface area contributed by atoms with Crippen molar-refractivity contribution in [1.82, 2.24) is 15.1 Å². The van der Waals surface area contributed by atoms with Crippen LogP contribution in [0.3, 0.4) is 0 Å². The van der Waals surface area contributed by atoms with Crippen LogP contribution < -0.4 is 10.2 Å². The predicted octanol–water partition coefficient (Wildman–Crippen LogP) is 1.06. The Bertz CT molecular complexity index is 269. The molecule has 0 spiro atoms. The Kier molecular flexibility index (Phi) is 6.72. The molecule has 88 valence electrons. The fourth-order valence-electron chi connectivity index (χ4n) is 1.68. The second-order valence-electron chi connectivity index (χ2n) is 3.46. The highest BCUT2D eigenvalue weighted by molar-refractivity contribution is 5.85. The van der Waals surface area contributed by atoms with Gasteiger partial charge in [0.25, 0.3) is 0 Å². The van der Waals surface area contributed by atoms with E-state index in [0.29, 0.717) is 0 Å². The Balaban J connectivity index is 0.000000980. The Morgan fingerprint density at radius 2 is 2.07 bits per heavy atom. The molecule has 4 nitrogen and oxygen atoms in total. The van der Waals surface area contributed by atoms with Gasteiger partial charge in [-0.2, -0.15) is 5.10 Å². The number of aromatic nitrogens is 2. The van der Waals surface area contributed by atoms with Crippen LogP contribution >= 0.6 is 24.8 Å². The SMILES string of the molecule is Cl.Cl.Cn1cc(N2CCCNCC2)cn1. The number of nitrogens with zero attached hydrogens (tertiary/aromatic N) is 3. The van der Waals surface area contributed by atoms with Gasteiger partial charge in [0.15, 0.2) is 0 Å². The van der Waals surface area contributed by atoms with E-state index >= 15 is 0 Å². The van der Waals surface area contributed by atoms with Crippen molar-refractivity contribution in [1.29, 1.82) is 0 Å². The van der Waals surface area contributed by atoms with Crippen molar-refractivity contribution in [3.05, 3.63) is 12.4 Å². The Morgan fingerprint density at radius 1 is 1.27 bits per heavy atom. The molecule has 15 heavy (non-hydrogen) atoms. The lowest BCUT2D eigenvalue weighted by atomic mass is 10.3. The molecule has 1 aliphatic rings. The number of hydrogen-bond donors (Lipinski definition) is 1. The van der Waals surface area contributed by atoms with Gasteiger partial charge >= 0.3 is 0 Å². The second kappa shape index (κ2) is 6.93. The van der Waals surface area contributed by atoms with E-state index in [1.807, 2.05) is 17.9 Å². The first-order chi connectivity index (χ1) is 6.36. The molecule has 0 atom stereocenters. The zero-order valence-electron chi connectivity index (χ0n) is 8.85. The van der Waals surface area contributed by atoms with E-state index in [1.165, 1.54) is 12.1 Å². The molecule has 0 bridgehead atoms. The summed E-state index contributed by atoms with van der Waals surface area (Å²) in [7, 11) is 1.96. The third-order valence-corrected chi connectivity index (χ3v) is 2.40. The lowest BCUT2D eigenvalue weighted by Crippen LogP contribution is -2.27. The third kappa shape index (κ3) is 3.89. The van der Waals surface area contributed by atoms with Gasteiger partial charge in [-0.25, -0.2) is 0 Å². The molecule has 0 aromatic carbocycles. The van der Waals surface area contributed by atoms with Gasteiger partial charge in [-0.3, -0.25) is 4.68 Å². The Morgan fingerprint density at radius 3 is 2.73 bits per heavy atom. The van der Waals surface area contributed by atoms with Gasteiger partial charge in [0.1, 0.15) is 0 Å². The average molecular weight is 253 g/mol. The van der Waals surface area contributed by atoms with E-state index in [0.717, 1.165) is 26.2 Å². The normalized spacial score (nSPS) is 16.2. The van der Waals surface area contributed by atoms with Gasteiger partial charge < -0.3 is 10.2 Å². The van der Waals surface area contributed by atoms with Crippen LogP contribution in [0.4, 0.5) is 5.69 Å². The van der Waals surface area contributed by atoms with Gasteiger partial charge in [-0.05, 0) is 13.0 Å². The maximum absolute atomic E-state index is 4.18. The fourth-order valence-corrected chi connectivity index (χ4v) is 1.68. The van der Waals surface area contributed by atoms with Gasteiger partial charge in [0.2, 0.25) is 0 Å². The molecular formula is C9H18Cl2N4. The van der Waals surface area contributed by atoms with Gasteiger partial charge in [0, 0.05) is 32.9 Å². The number of rotatable bonds is 1. The predicted molar refractivity (Wildman–Crippen MR) is 67.4 cm³/mol. The van der Waals surface area contributed by atoms with Crippen LogP contribution in [0.1, 0.15) is 6.42 Å². The highest BCUT2D eigenvalue weighted by Gasteiger charge is 2.09. The standard InChI is InChI=1S/C9H16N4.2ClH/c1-12-8-9(7-11-12)13-5-2-3-10-4-6-13;;/h7-8,10H,2-6H2,1H3;2*1H. The summed E-state index contributed by atoms with van der Waals surface area (Å²) in [5, 5.41) is 7.56. The molecule has 0 radical (unpaired) electrons. The summed E-state index contributed by atoms with van der Waals surface area (Å²) in [5.41, 5.74) is 1.24. The minimum atomic E-state index is 0. The van der Waals surface area contributed by atoms with Crippen LogP contribution in [-0.4, -0.2) is 36.0 Å². The van der Waals surface area contributed by atoms with E-state index in [4.69, 9.17) is 0 Å². The van der Waals surface area contributed by atoms with E-state index in [2.05, 4.69) is 21.5 Å². The topological polar surface area (TPSA) is 33.1 Å². The second-order valence-corrected chi connectivity index (χ2v) is 3.46. The molecule has 0 unspecified atom stereocenters. The molecule has 2 rings (SSSR count). The van der Waals surface area contributed by atoms with Gasteiger partial charge in [-0.15, -0.1) is 24.8 Å². The summed E-state index contributed by atoms with van der Waals surface area (Å²) < 4.78 is 1.85. The van der Waals surface area contributed by atoms with Crippen molar-refractivity contribution in [2.24, 2.45) is 7.05 Å². The van der Waals surface area contributed by atoms with Crippen molar-refractivity contribution in [2.75, 3.05) is 31.1 Å². The van der Waals surface area contributed by atoms with Gasteiger partial charge in [-0.1, -0.05) is 0 Å². The number of hydrogen-bond acceptors (Lipinski definition) is 3. The Hall–Kier alpha value is -0.450. The number of anilines is 1. The maximum Gasteiger partial charge on any atom is 0.0752 e. The molecule has 0 saturated carbocycles. The molecule has 1 aromatic heterocycles. The van der Waals surface area contributed by atoms with Crippen LogP contribution in [0.15, 0.2) is 12.4 Å². The minimum absolute atomic E-state index is 0. The van der Waals surface area contributed by atoms with E-state index in [9.17, 15) is 0 Å². The molecule has 1 aliphatic heterocycles. The van der Waals surface area contributed by atoms with Crippen LogP contribution in [0, 0.1) is 0 Å². The van der Waals surface area contributed by atoms with Crippen LogP contribution in [-0.2, 0) is 7.05 Å². The molecule has 1 aromatic rings. The van der Waals surface area contributed by atoms with Crippen LogP contribution in [0.2, 0.25) is 0 Å². The van der Waals surface area contributed by atoms with Crippen molar-refractivity contribution >= 4 is 30.5 Å². The first-order valence-electron chi connectivity index (χ1n) is 4.80. The summed E-state index contributed by atoms with van der Waals surface area (Å²) in [4.78, 5) is 2.38. The van der Waals surface area contributed by atoms with E-state index in [1.54, 1.807) is 0 Å². The summed E-state index contributed by atoms with van der Waals surface area (Å²) in [6, 6.07) is 0. The Labute approximate surface area is 103 Å². The smallest absolute Gasteiger partial charge is 0.0752 e. The average Bonchev–Trinajstić information content (AvgIpc) is 2.43. The molecule has 1 N–H and O–H groups in total. The largest absolute Gasteiger partial charge is 0.368 e. The number of halogens is 2. The fraction of sp³-hybridized carbons (Fsp3) is 0.667. The third-order valence-electron chi connectivity index (χ3n) is 2.40. The van der Waals surface area contributed by atoms with Crippen LogP contribution in [0.5, 0.6) is 0 Å². The molecule has 6 heteroatoms. The molecule has 1 saturated heterocycles. The zero-order valence-corrected chi connectivity index (χ0v) is 10.5. The van der Waals surface area contributed by atoms with Crippen molar-refractivity contribution in [3.8, 4) is 0 Å². The summed E-state index contributed by atoms with van der Waals surface area (Å²) in [6.45, 7) is 4.44. The lowest BCUT2D eigenvalue weighted by molar-refractivity contribution is 0.724. The quantitative estimate of drug-likeness (QED) is 0.812. The number of nitrogens with one attached hydrogen (secondary N) is 1. The molecule has 1 fully saturated rings. The van der Waals surface area contributed by atoms with Crippen molar-refractivity contribution < 1.29 is 0 Å². The van der Waals surface area contributed by atoms with Gasteiger partial charge in [0.05, 0.1) is 11.9 Å². The molecular weight excluding hydrogens is 235 g/mol. The van der Waals surface area contributed by atoms with Crippen molar-refractivity contribution in [2.45, 2.75) is 6.42 Å². The summed E-state index contributed by atoms with van der Waals surface area (Å²) in [5.74, 6) is 0. The molecule has 0 amide bonds. The minimum Gasteiger partial charge on any atom is -0.368 e. The van der Waals surface area contributed by atoms with E-state index < -0.39 is 0 Å². The highest BCUT2D eigenvalue weighted by atomic mass is 35.5. The zero-order chi connectivity index (χ0) is 9.10. The molecule has 2 heterocycles. The number of aryl methyl sites for hydroxylation is 1. The monoisotopic (exact) mass is 252 g/mol. The van der Waals surface area contributed by atoms with Crippen molar-refractivity contribution in [3.63, 3.8) is 0 Å². The first kappa shape index (κ1) is 14.6. The molecule has 0 aliphatic carbocycles. The van der Waals surface area contributed by atoms with Crippen LogP contribution in [0.25, 0.3) is 0 Å². The summed E-state index contributed by atoms with van der Waals surface area (Å²) in [6.07, 6.45) is 5.23. The lowest BCUT2D eigenvalue weighted by Gasteiger charge is -2.19. The summed E-state index contributed by atoms with van der Waals surface area (Å²) >= 11 is 0.